The Morgan fingerprint density at radius 2 is 2.08 bits per heavy atom. The summed E-state index contributed by atoms with van der Waals surface area (Å²) < 4.78 is 0. The third-order valence-electron chi connectivity index (χ3n) is 1.73. The van der Waals surface area contributed by atoms with Crippen molar-refractivity contribution in [2.24, 2.45) is 5.84 Å². The lowest BCUT2D eigenvalue weighted by molar-refractivity contribution is 0.437. The minimum Gasteiger partial charge on any atom is -0.508 e. The zero-order valence-corrected chi connectivity index (χ0v) is 6.78. The molecule has 1 rings (SSSR count). The molecule has 0 saturated heterocycles. The summed E-state index contributed by atoms with van der Waals surface area (Å²) in [5.74, 6) is 5.27. The molecule has 4 heteroatoms. The Balaban J connectivity index is 3.01. The largest absolute Gasteiger partial charge is 0.508 e. The number of phenolic OH excluding ortho intramolecular Hbond substituents is 2. The first kappa shape index (κ1) is 8.83. The highest BCUT2D eigenvalue weighted by Crippen LogP contribution is 2.26. The van der Waals surface area contributed by atoms with Crippen molar-refractivity contribution < 1.29 is 10.2 Å². The average Bonchev–Trinajstić information content (AvgIpc) is 2.03. The number of hydrogen-bond acceptors (Lipinski definition) is 4. The Kier molecular flexibility index (Phi) is 2.52. The highest BCUT2D eigenvalue weighted by molar-refractivity contribution is 5.40. The summed E-state index contributed by atoms with van der Waals surface area (Å²) in [5, 5.41) is 18.3. The number of aromatic hydroxyl groups is 2. The molecular formula is C8H12N2O2. The summed E-state index contributed by atoms with van der Waals surface area (Å²) in [6, 6.07) is 4.27. The molecule has 1 aromatic rings. The van der Waals surface area contributed by atoms with Gasteiger partial charge in [0.25, 0.3) is 0 Å². The Labute approximate surface area is 70.6 Å². The molecule has 0 bridgehead atoms. The third-order valence-corrected chi connectivity index (χ3v) is 1.73. The van der Waals surface area contributed by atoms with Gasteiger partial charge < -0.3 is 10.2 Å². The van der Waals surface area contributed by atoms with Gasteiger partial charge in [0.1, 0.15) is 11.5 Å². The van der Waals surface area contributed by atoms with Gasteiger partial charge in [0.2, 0.25) is 0 Å². The van der Waals surface area contributed by atoms with Crippen LogP contribution in [0.15, 0.2) is 18.2 Å². The molecule has 5 N–H and O–H groups in total. The van der Waals surface area contributed by atoms with E-state index >= 15 is 0 Å². The van der Waals surface area contributed by atoms with Crippen LogP contribution in [0.4, 0.5) is 0 Å². The van der Waals surface area contributed by atoms with Crippen molar-refractivity contribution >= 4 is 0 Å². The van der Waals surface area contributed by atoms with Crippen molar-refractivity contribution in [2.75, 3.05) is 0 Å². The van der Waals surface area contributed by atoms with Crippen molar-refractivity contribution in [3.05, 3.63) is 23.8 Å². The second kappa shape index (κ2) is 3.42. The van der Waals surface area contributed by atoms with Gasteiger partial charge in [-0.3, -0.25) is 11.3 Å². The number of benzene rings is 1. The van der Waals surface area contributed by atoms with Crippen molar-refractivity contribution in [1.82, 2.24) is 5.43 Å². The van der Waals surface area contributed by atoms with Crippen molar-refractivity contribution in [3.8, 4) is 11.5 Å². The molecule has 0 aliphatic heterocycles. The fourth-order valence-electron chi connectivity index (χ4n) is 0.988. The van der Waals surface area contributed by atoms with Crippen LogP contribution in [-0.2, 0) is 0 Å². The van der Waals surface area contributed by atoms with Gasteiger partial charge >= 0.3 is 0 Å². The Morgan fingerprint density at radius 3 is 2.58 bits per heavy atom. The standard InChI is InChI=1S/C8H12N2O2/c1-5(10-9)7-3-2-6(11)4-8(7)12/h2-5,10-12H,9H2,1H3. The molecule has 0 fully saturated rings. The van der Waals surface area contributed by atoms with Crippen molar-refractivity contribution in [1.29, 1.82) is 0 Å². The van der Waals surface area contributed by atoms with Gasteiger partial charge in [-0.05, 0) is 13.0 Å². The second-order valence-corrected chi connectivity index (χ2v) is 2.63. The highest BCUT2D eigenvalue weighted by Gasteiger charge is 2.08. The maximum atomic E-state index is 9.34. The smallest absolute Gasteiger partial charge is 0.124 e. The molecule has 0 amide bonds. The molecule has 0 aliphatic rings. The minimum atomic E-state index is -0.134. The topological polar surface area (TPSA) is 78.5 Å². The summed E-state index contributed by atoms with van der Waals surface area (Å²) in [4.78, 5) is 0. The minimum absolute atomic E-state index is 0.0421. The lowest BCUT2D eigenvalue weighted by Crippen LogP contribution is -2.25. The highest BCUT2D eigenvalue weighted by atomic mass is 16.3. The molecule has 12 heavy (non-hydrogen) atoms. The summed E-state index contributed by atoms with van der Waals surface area (Å²) in [7, 11) is 0. The van der Waals surface area contributed by atoms with E-state index in [0.717, 1.165) is 0 Å². The van der Waals surface area contributed by atoms with Crippen LogP contribution in [0.2, 0.25) is 0 Å². The molecular weight excluding hydrogens is 156 g/mol. The fourth-order valence-corrected chi connectivity index (χ4v) is 0.988. The first-order chi connectivity index (χ1) is 5.65. The van der Waals surface area contributed by atoms with E-state index in [4.69, 9.17) is 10.9 Å². The second-order valence-electron chi connectivity index (χ2n) is 2.63. The van der Waals surface area contributed by atoms with Gasteiger partial charge in [-0.15, -0.1) is 0 Å². The van der Waals surface area contributed by atoms with E-state index in [1.165, 1.54) is 12.1 Å². The van der Waals surface area contributed by atoms with Crippen LogP contribution in [0.5, 0.6) is 11.5 Å². The number of hydrazine groups is 1. The molecule has 0 heterocycles. The molecule has 0 aromatic heterocycles. The van der Waals surface area contributed by atoms with Crippen LogP contribution in [0, 0.1) is 0 Å². The Hall–Kier alpha value is -1.26. The van der Waals surface area contributed by atoms with Gasteiger partial charge in [0, 0.05) is 17.7 Å². The molecule has 0 aliphatic carbocycles. The Morgan fingerprint density at radius 1 is 1.42 bits per heavy atom. The summed E-state index contributed by atoms with van der Waals surface area (Å²) in [6.07, 6.45) is 0. The number of phenols is 2. The van der Waals surface area contributed by atoms with Gasteiger partial charge in [-0.2, -0.15) is 0 Å². The average molecular weight is 168 g/mol. The van der Waals surface area contributed by atoms with E-state index in [9.17, 15) is 5.11 Å². The monoisotopic (exact) mass is 168 g/mol. The third kappa shape index (κ3) is 1.66. The SMILES string of the molecule is CC(NN)c1ccc(O)cc1O. The quantitative estimate of drug-likeness (QED) is 0.385. The van der Waals surface area contributed by atoms with Crippen LogP contribution < -0.4 is 11.3 Å². The van der Waals surface area contributed by atoms with E-state index in [1.54, 1.807) is 6.07 Å². The zero-order chi connectivity index (χ0) is 9.14. The van der Waals surface area contributed by atoms with Gasteiger partial charge in [-0.25, -0.2) is 0 Å². The summed E-state index contributed by atoms with van der Waals surface area (Å²) in [5.41, 5.74) is 3.16. The van der Waals surface area contributed by atoms with Gasteiger partial charge in [-0.1, -0.05) is 6.07 Å². The molecule has 1 aromatic carbocycles. The zero-order valence-electron chi connectivity index (χ0n) is 6.78. The fraction of sp³-hybridized carbons (Fsp3) is 0.250. The van der Waals surface area contributed by atoms with Crippen molar-refractivity contribution in [2.45, 2.75) is 13.0 Å². The number of rotatable bonds is 2. The van der Waals surface area contributed by atoms with Crippen LogP contribution in [-0.4, -0.2) is 10.2 Å². The molecule has 0 saturated carbocycles. The normalized spacial score (nSPS) is 12.8. The predicted octanol–water partition coefficient (Wildman–Crippen LogP) is 0.622. The van der Waals surface area contributed by atoms with Crippen LogP contribution in [0.1, 0.15) is 18.5 Å². The number of nitrogens with two attached hydrogens (primary N) is 1. The van der Waals surface area contributed by atoms with Crippen molar-refractivity contribution in [3.63, 3.8) is 0 Å². The Bertz CT molecular complexity index is 276. The molecule has 66 valence electrons. The van der Waals surface area contributed by atoms with Crippen LogP contribution >= 0.6 is 0 Å². The molecule has 1 unspecified atom stereocenters. The lowest BCUT2D eigenvalue weighted by Gasteiger charge is -2.11. The maximum absolute atomic E-state index is 9.34. The first-order valence-electron chi connectivity index (χ1n) is 3.63. The maximum Gasteiger partial charge on any atom is 0.124 e. The van der Waals surface area contributed by atoms with Crippen LogP contribution in [0.3, 0.4) is 0 Å². The van der Waals surface area contributed by atoms with E-state index in [2.05, 4.69) is 5.43 Å². The van der Waals surface area contributed by atoms with Gasteiger partial charge in [0.05, 0.1) is 0 Å². The number of hydrogen-bond donors (Lipinski definition) is 4. The van der Waals surface area contributed by atoms with E-state index < -0.39 is 0 Å². The molecule has 1 atom stereocenters. The molecule has 0 radical (unpaired) electrons. The summed E-state index contributed by atoms with van der Waals surface area (Å²) >= 11 is 0. The first-order valence-corrected chi connectivity index (χ1v) is 3.63. The van der Waals surface area contributed by atoms with Gasteiger partial charge in [0.15, 0.2) is 0 Å². The van der Waals surface area contributed by atoms with E-state index in [1.807, 2.05) is 6.92 Å². The predicted molar refractivity (Wildman–Crippen MR) is 45.5 cm³/mol. The number of nitrogens with one attached hydrogen (secondary N) is 1. The van der Waals surface area contributed by atoms with Crippen LogP contribution in [0.25, 0.3) is 0 Å². The van der Waals surface area contributed by atoms with E-state index in [0.29, 0.717) is 5.56 Å². The van der Waals surface area contributed by atoms with E-state index in [-0.39, 0.29) is 17.5 Å². The summed E-state index contributed by atoms with van der Waals surface area (Å²) in [6.45, 7) is 1.81. The molecule has 4 nitrogen and oxygen atoms in total. The lowest BCUT2D eigenvalue weighted by atomic mass is 10.1. The molecule has 0 spiro atoms.